The van der Waals surface area contributed by atoms with Gasteiger partial charge in [0.15, 0.2) is 5.76 Å². The molecule has 18 heavy (non-hydrogen) atoms. The second kappa shape index (κ2) is 4.70. The van der Waals surface area contributed by atoms with E-state index in [9.17, 15) is 9.59 Å². The lowest BCUT2D eigenvalue weighted by Gasteiger charge is -2.02. The molecule has 6 heteroatoms. The molecule has 0 atom stereocenters. The number of carboxylic acid groups (broad SMARTS) is 1. The third-order valence-electron chi connectivity index (χ3n) is 2.20. The van der Waals surface area contributed by atoms with Crippen LogP contribution in [-0.2, 0) is 0 Å². The van der Waals surface area contributed by atoms with Crippen LogP contribution >= 0.6 is 0 Å². The highest BCUT2D eigenvalue weighted by Crippen LogP contribution is 2.11. The lowest BCUT2D eigenvalue weighted by Crippen LogP contribution is -2.12. The molecule has 0 spiro atoms. The molecule has 0 unspecified atom stereocenters. The van der Waals surface area contributed by atoms with Gasteiger partial charge in [-0.25, -0.2) is 9.78 Å². The number of carboxylic acids is 1. The average Bonchev–Trinajstić information content (AvgIpc) is 2.78. The zero-order valence-corrected chi connectivity index (χ0v) is 9.51. The highest BCUT2D eigenvalue weighted by Gasteiger charge is 2.15. The molecular weight excluding hydrogens is 236 g/mol. The first-order valence-corrected chi connectivity index (χ1v) is 5.13. The topological polar surface area (TPSA) is 92.4 Å². The second-order valence-electron chi connectivity index (χ2n) is 3.62. The first-order chi connectivity index (χ1) is 8.56. The lowest BCUT2D eigenvalue weighted by atomic mass is 10.3. The normalized spacial score (nSPS) is 10.1. The minimum Gasteiger partial charge on any atom is -0.478 e. The van der Waals surface area contributed by atoms with Crippen molar-refractivity contribution in [2.45, 2.75) is 6.92 Å². The third-order valence-corrected chi connectivity index (χ3v) is 2.20. The molecule has 0 aliphatic carbocycles. The number of hydrogen-bond donors (Lipinski definition) is 2. The number of amides is 1. The van der Waals surface area contributed by atoms with Crippen molar-refractivity contribution in [3.8, 4) is 0 Å². The number of aryl methyl sites for hydroxylation is 1. The Bertz CT molecular complexity index is 604. The van der Waals surface area contributed by atoms with Crippen LogP contribution in [0, 0.1) is 6.92 Å². The number of anilines is 1. The minimum absolute atomic E-state index is 0.0719. The van der Waals surface area contributed by atoms with E-state index in [1.807, 2.05) is 0 Å². The largest absolute Gasteiger partial charge is 0.478 e. The number of carbonyl (C=O) groups is 2. The SMILES string of the molecule is Cc1cccc(NC(=O)c2cc(C(=O)O)co2)n1. The molecule has 2 rings (SSSR count). The Morgan fingerprint density at radius 2 is 2.17 bits per heavy atom. The van der Waals surface area contributed by atoms with Crippen molar-refractivity contribution < 1.29 is 19.1 Å². The number of furan rings is 1. The number of hydrogen-bond acceptors (Lipinski definition) is 4. The van der Waals surface area contributed by atoms with E-state index in [1.165, 1.54) is 0 Å². The fourth-order valence-corrected chi connectivity index (χ4v) is 1.36. The molecule has 0 saturated carbocycles. The number of rotatable bonds is 3. The molecule has 0 fully saturated rings. The second-order valence-corrected chi connectivity index (χ2v) is 3.62. The summed E-state index contributed by atoms with van der Waals surface area (Å²) in [7, 11) is 0. The summed E-state index contributed by atoms with van der Waals surface area (Å²) in [6.07, 6.45) is 1.01. The van der Waals surface area contributed by atoms with Gasteiger partial charge in [0, 0.05) is 11.8 Å². The van der Waals surface area contributed by atoms with Crippen molar-refractivity contribution in [2.24, 2.45) is 0 Å². The first-order valence-electron chi connectivity index (χ1n) is 5.13. The van der Waals surface area contributed by atoms with E-state index in [0.717, 1.165) is 18.0 Å². The molecule has 0 saturated heterocycles. The standard InChI is InChI=1S/C12H10N2O4/c1-7-3-2-4-10(13-7)14-11(15)9-5-8(6-18-9)12(16)17/h2-6H,1H3,(H,16,17)(H,13,14,15). The highest BCUT2D eigenvalue weighted by atomic mass is 16.4. The van der Waals surface area contributed by atoms with Crippen LogP contribution in [0.15, 0.2) is 34.9 Å². The maximum Gasteiger partial charge on any atom is 0.338 e. The van der Waals surface area contributed by atoms with E-state index in [2.05, 4.69) is 10.3 Å². The summed E-state index contributed by atoms with van der Waals surface area (Å²) in [4.78, 5) is 26.4. The molecule has 1 amide bonds. The minimum atomic E-state index is -1.15. The van der Waals surface area contributed by atoms with Gasteiger partial charge in [-0.05, 0) is 19.1 Å². The first kappa shape index (κ1) is 11.8. The zero-order chi connectivity index (χ0) is 13.1. The average molecular weight is 246 g/mol. The van der Waals surface area contributed by atoms with Crippen LogP contribution in [0.25, 0.3) is 0 Å². The highest BCUT2D eigenvalue weighted by molar-refractivity contribution is 6.03. The predicted octanol–water partition coefficient (Wildman–Crippen LogP) is 1.93. The van der Waals surface area contributed by atoms with Crippen LogP contribution in [0.2, 0.25) is 0 Å². The van der Waals surface area contributed by atoms with Crippen LogP contribution in [0.1, 0.15) is 26.6 Å². The van der Waals surface area contributed by atoms with Crippen molar-refractivity contribution in [3.05, 3.63) is 47.5 Å². The van der Waals surface area contributed by atoms with E-state index in [1.54, 1.807) is 25.1 Å². The molecule has 92 valence electrons. The smallest absolute Gasteiger partial charge is 0.338 e. The number of carbonyl (C=O) groups excluding carboxylic acids is 1. The predicted molar refractivity (Wildman–Crippen MR) is 62.6 cm³/mol. The van der Waals surface area contributed by atoms with Crippen molar-refractivity contribution in [2.75, 3.05) is 5.32 Å². The van der Waals surface area contributed by atoms with Crippen molar-refractivity contribution in [3.63, 3.8) is 0 Å². The maximum atomic E-state index is 11.7. The Morgan fingerprint density at radius 1 is 1.39 bits per heavy atom. The molecule has 6 nitrogen and oxygen atoms in total. The Balaban J connectivity index is 2.14. The number of nitrogens with zero attached hydrogens (tertiary/aromatic N) is 1. The summed E-state index contributed by atoms with van der Waals surface area (Å²) in [5.41, 5.74) is 0.691. The summed E-state index contributed by atoms with van der Waals surface area (Å²) in [6, 6.07) is 6.34. The molecular formula is C12H10N2O4. The van der Waals surface area contributed by atoms with Crippen LogP contribution in [0.5, 0.6) is 0 Å². The molecule has 2 aromatic heterocycles. The molecule has 0 bridgehead atoms. The summed E-state index contributed by atoms with van der Waals surface area (Å²) < 4.78 is 4.87. The van der Waals surface area contributed by atoms with Gasteiger partial charge in [-0.15, -0.1) is 0 Å². The van der Waals surface area contributed by atoms with Gasteiger partial charge in [-0.1, -0.05) is 6.07 Å². The van der Waals surface area contributed by atoms with Gasteiger partial charge in [0.1, 0.15) is 12.1 Å². The lowest BCUT2D eigenvalue weighted by molar-refractivity contribution is 0.0696. The van der Waals surface area contributed by atoms with Crippen molar-refractivity contribution >= 4 is 17.7 Å². The fraction of sp³-hybridized carbons (Fsp3) is 0.0833. The van der Waals surface area contributed by atoms with Crippen LogP contribution in [-0.4, -0.2) is 22.0 Å². The Hall–Kier alpha value is -2.63. The number of aromatic carboxylic acids is 1. The van der Waals surface area contributed by atoms with E-state index < -0.39 is 11.9 Å². The third kappa shape index (κ3) is 2.54. The van der Waals surface area contributed by atoms with Crippen LogP contribution in [0.3, 0.4) is 0 Å². The van der Waals surface area contributed by atoms with Gasteiger partial charge >= 0.3 is 5.97 Å². The molecule has 2 aromatic rings. The zero-order valence-electron chi connectivity index (χ0n) is 9.51. The van der Waals surface area contributed by atoms with Gasteiger partial charge in [0.2, 0.25) is 0 Å². The Labute approximate surface area is 102 Å². The monoisotopic (exact) mass is 246 g/mol. The van der Waals surface area contributed by atoms with E-state index in [0.29, 0.717) is 5.82 Å². The molecule has 2 heterocycles. The number of aromatic nitrogens is 1. The Kier molecular flexibility index (Phi) is 3.09. The van der Waals surface area contributed by atoms with E-state index in [4.69, 9.17) is 9.52 Å². The van der Waals surface area contributed by atoms with Gasteiger partial charge in [0.05, 0.1) is 5.56 Å². The molecule has 0 aliphatic heterocycles. The maximum absolute atomic E-state index is 11.7. The van der Waals surface area contributed by atoms with Crippen molar-refractivity contribution in [1.29, 1.82) is 0 Å². The summed E-state index contributed by atoms with van der Waals surface area (Å²) in [6.45, 7) is 1.80. The van der Waals surface area contributed by atoms with E-state index in [-0.39, 0.29) is 11.3 Å². The number of nitrogens with one attached hydrogen (secondary N) is 1. The van der Waals surface area contributed by atoms with Crippen LogP contribution in [0.4, 0.5) is 5.82 Å². The summed E-state index contributed by atoms with van der Waals surface area (Å²) in [5.74, 6) is -1.38. The van der Waals surface area contributed by atoms with Gasteiger partial charge in [-0.2, -0.15) is 0 Å². The van der Waals surface area contributed by atoms with E-state index >= 15 is 0 Å². The fourth-order valence-electron chi connectivity index (χ4n) is 1.36. The molecule has 2 N–H and O–H groups in total. The van der Waals surface area contributed by atoms with Crippen LogP contribution < -0.4 is 5.32 Å². The van der Waals surface area contributed by atoms with Gasteiger partial charge < -0.3 is 14.8 Å². The van der Waals surface area contributed by atoms with Gasteiger partial charge in [-0.3, -0.25) is 4.79 Å². The van der Waals surface area contributed by atoms with Gasteiger partial charge in [0.25, 0.3) is 5.91 Å². The molecule has 0 aromatic carbocycles. The number of pyridine rings is 1. The quantitative estimate of drug-likeness (QED) is 0.863. The summed E-state index contributed by atoms with van der Waals surface area (Å²) in [5, 5.41) is 11.2. The molecule has 0 radical (unpaired) electrons. The van der Waals surface area contributed by atoms with Crippen molar-refractivity contribution in [1.82, 2.24) is 4.98 Å². The Morgan fingerprint density at radius 3 is 2.78 bits per heavy atom. The summed E-state index contributed by atoms with van der Waals surface area (Å²) >= 11 is 0. The molecule has 0 aliphatic rings.